The van der Waals surface area contributed by atoms with Gasteiger partial charge in [-0.25, -0.2) is 15.8 Å². The second kappa shape index (κ2) is 6.19. The number of aromatic nitrogens is 2. The second-order valence-corrected chi connectivity index (χ2v) is 4.93. The van der Waals surface area contributed by atoms with E-state index in [0.29, 0.717) is 21.7 Å². The third-order valence-corrected chi connectivity index (χ3v) is 3.15. The van der Waals surface area contributed by atoms with Crippen LogP contribution < -0.4 is 11.3 Å². The summed E-state index contributed by atoms with van der Waals surface area (Å²) >= 11 is 12.1. The maximum Gasteiger partial charge on any atom is 0.163 e. The molecule has 3 N–H and O–H groups in total. The van der Waals surface area contributed by atoms with Crippen LogP contribution in [0.3, 0.4) is 0 Å². The molecular formula is C13H14Cl2N4. The molecule has 1 aromatic carbocycles. The summed E-state index contributed by atoms with van der Waals surface area (Å²) in [6.07, 6.45) is 1.85. The molecule has 0 aliphatic heterocycles. The Balaban J connectivity index is 2.51. The van der Waals surface area contributed by atoms with Crippen molar-refractivity contribution in [2.75, 3.05) is 5.43 Å². The highest BCUT2D eigenvalue weighted by atomic mass is 35.5. The van der Waals surface area contributed by atoms with Gasteiger partial charge in [-0.1, -0.05) is 36.5 Å². The van der Waals surface area contributed by atoms with Crippen LogP contribution in [0.15, 0.2) is 24.3 Å². The predicted octanol–water partition coefficient (Wildman–Crippen LogP) is 3.69. The Morgan fingerprint density at radius 3 is 2.63 bits per heavy atom. The van der Waals surface area contributed by atoms with Gasteiger partial charge in [-0.15, -0.1) is 0 Å². The SMILES string of the molecule is CCCc1cc(NN)nc(-c2ccc(Cl)cc2Cl)n1. The molecule has 0 radical (unpaired) electrons. The minimum atomic E-state index is 0.518. The maximum atomic E-state index is 6.17. The predicted molar refractivity (Wildman–Crippen MR) is 79.3 cm³/mol. The fourth-order valence-corrected chi connectivity index (χ4v) is 2.24. The maximum absolute atomic E-state index is 6.17. The van der Waals surface area contributed by atoms with E-state index in [1.54, 1.807) is 18.2 Å². The van der Waals surface area contributed by atoms with Crippen molar-refractivity contribution in [1.29, 1.82) is 0 Å². The molecule has 0 saturated heterocycles. The average Bonchev–Trinajstić information content (AvgIpc) is 2.38. The lowest BCUT2D eigenvalue weighted by molar-refractivity contribution is 0.875. The van der Waals surface area contributed by atoms with Crippen molar-refractivity contribution in [3.63, 3.8) is 0 Å². The van der Waals surface area contributed by atoms with Crippen molar-refractivity contribution < 1.29 is 0 Å². The van der Waals surface area contributed by atoms with E-state index in [-0.39, 0.29) is 0 Å². The van der Waals surface area contributed by atoms with Gasteiger partial charge in [0.05, 0.1) is 5.02 Å². The van der Waals surface area contributed by atoms with E-state index in [1.165, 1.54) is 0 Å². The number of halogens is 2. The Hall–Kier alpha value is -1.36. The minimum absolute atomic E-state index is 0.518. The first-order valence-corrected chi connectivity index (χ1v) is 6.69. The van der Waals surface area contributed by atoms with Gasteiger partial charge in [0.15, 0.2) is 5.82 Å². The van der Waals surface area contributed by atoms with E-state index in [2.05, 4.69) is 22.3 Å². The third-order valence-electron chi connectivity index (χ3n) is 2.61. The summed E-state index contributed by atoms with van der Waals surface area (Å²) in [6, 6.07) is 7.06. The molecule has 0 aliphatic rings. The lowest BCUT2D eigenvalue weighted by Crippen LogP contribution is -2.10. The molecule has 100 valence electrons. The summed E-state index contributed by atoms with van der Waals surface area (Å²) in [6.45, 7) is 2.09. The highest BCUT2D eigenvalue weighted by molar-refractivity contribution is 6.36. The standard InChI is InChI=1S/C13H14Cl2N4/c1-2-3-9-7-12(19-16)18-13(17-9)10-5-4-8(14)6-11(10)15/h4-7H,2-3,16H2,1H3,(H,17,18,19). The molecule has 4 nitrogen and oxygen atoms in total. The summed E-state index contributed by atoms with van der Waals surface area (Å²) in [5, 5.41) is 1.10. The first-order chi connectivity index (χ1) is 9.13. The molecule has 0 unspecified atom stereocenters. The van der Waals surface area contributed by atoms with Gasteiger partial charge in [0, 0.05) is 22.3 Å². The van der Waals surface area contributed by atoms with Gasteiger partial charge >= 0.3 is 0 Å². The molecular weight excluding hydrogens is 283 g/mol. The minimum Gasteiger partial charge on any atom is -0.308 e. The number of hydrazine groups is 1. The number of anilines is 1. The van der Waals surface area contributed by atoms with E-state index in [0.717, 1.165) is 24.1 Å². The van der Waals surface area contributed by atoms with Gasteiger partial charge in [-0.3, -0.25) is 0 Å². The summed E-state index contributed by atoms with van der Waals surface area (Å²) in [4.78, 5) is 8.82. The zero-order valence-corrected chi connectivity index (χ0v) is 12.0. The molecule has 0 amide bonds. The molecule has 2 rings (SSSR count). The molecule has 1 heterocycles. The van der Waals surface area contributed by atoms with Crippen LogP contribution in [0.25, 0.3) is 11.4 Å². The van der Waals surface area contributed by atoms with E-state index in [1.807, 2.05) is 6.07 Å². The van der Waals surface area contributed by atoms with Gasteiger partial charge in [-0.2, -0.15) is 0 Å². The molecule has 0 fully saturated rings. The van der Waals surface area contributed by atoms with Crippen LogP contribution in [0, 0.1) is 0 Å². The van der Waals surface area contributed by atoms with Gasteiger partial charge in [-0.05, 0) is 24.6 Å². The molecule has 6 heteroatoms. The summed E-state index contributed by atoms with van der Waals surface area (Å²) < 4.78 is 0. The van der Waals surface area contributed by atoms with Crippen LogP contribution in [0.5, 0.6) is 0 Å². The van der Waals surface area contributed by atoms with Crippen molar-refractivity contribution in [2.45, 2.75) is 19.8 Å². The first kappa shape index (κ1) is 14.1. The third kappa shape index (κ3) is 3.35. The number of benzene rings is 1. The average molecular weight is 297 g/mol. The largest absolute Gasteiger partial charge is 0.308 e. The lowest BCUT2D eigenvalue weighted by Gasteiger charge is -2.08. The smallest absolute Gasteiger partial charge is 0.163 e. The van der Waals surface area contributed by atoms with Gasteiger partial charge in [0.2, 0.25) is 0 Å². The van der Waals surface area contributed by atoms with E-state index >= 15 is 0 Å². The van der Waals surface area contributed by atoms with Crippen LogP contribution in [-0.2, 0) is 6.42 Å². The second-order valence-electron chi connectivity index (χ2n) is 4.09. The number of hydrogen-bond donors (Lipinski definition) is 2. The molecule has 2 aromatic rings. The number of nitrogen functional groups attached to an aromatic ring is 1. The number of nitrogens with two attached hydrogens (primary N) is 1. The van der Waals surface area contributed by atoms with Crippen LogP contribution in [-0.4, -0.2) is 9.97 Å². The summed E-state index contributed by atoms with van der Waals surface area (Å²) in [5.41, 5.74) is 4.21. The topological polar surface area (TPSA) is 63.8 Å². The zero-order chi connectivity index (χ0) is 13.8. The number of nitrogens with zero attached hydrogens (tertiary/aromatic N) is 2. The Morgan fingerprint density at radius 2 is 2.00 bits per heavy atom. The molecule has 0 aliphatic carbocycles. The van der Waals surface area contributed by atoms with Crippen LogP contribution in [0.1, 0.15) is 19.0 Å². The number of rotatable bonds is 4. The molecule has 1 aromatic heterocycles. The van der Waals surface area contributed by atoms with Gasteiger partial charge in [0.1, 0.15) is 5.82 Å². The molecule has 0 bridgehead atoms. The van der Waals surface area contributed by atoms with Crippen LogP contribution in [0.4, 0.5) is 5.82 Å². The highest BCUT2D eigenvalue weighted by Crippen LogP contribution is 2.29. The summed E-state index contributed by atoms with van der Waals surface area (Å²) in [5.74, 6) is 6.54. The monoisotopic (exact) mass is 296 g/mol. The van der Waals surface area contributed by atoms with E-state index in [4.69, 9.17) is 29.0 Å². The molecule has 0 saturated carbocycles. The molecule has 19 heavy (non-hydrogen) atoms. The Morgan fingerprint density at radius 1 is 1.21 bits per heavy atom. The summed E-state index contributed by atoms with van der Waals surface area (Å²) in [7, 11) is 0. The van der Waals surface area contributed by atoms with Crippen molar-refractivity contribution >= 4 is 29.0 Å². The Kier molecular flexibility index (Phi) is 4.58. The number of nitrogens with one attached hydrogen (secondary N) is 1. The van der Waals surface area contributed by atoms with Crippen molar-refractivity contribution in [2.24, 2.45) is 5.84 Å². The normalized spacial score (nSPS) is 10.5. The highest BCUT2D eigenvalue weighted by Gasteiger charge is 2.10. The van der Waals surface area contributed by atoms with Gasteiger partial charge < -0.3 is 5.43 Å². The fourth-order valence-electron chi connectivity index (χ4n) is 1.75. The van der Waals surface area contributed by atoms with Gasteiger partial charge in [0.25, 0.3) is 0 Å². The Labute approximate surface area is 121 Å². The van der Waals surface area contributed by atoms with Crippen LogP contribution in [0.2, 0.25) is 10.0 Å². The van der Waals surface area contributed by atoms with Crippen molar-refractivity contribution in [3.05, 3.63) is 40.0 Å². The quantitative estimate of drug-likeness (QED) is 0.667. The number of aryl methyl sites for hydroxylation is 1. The van der Waals surface area contributed by atoms with E-state index in [9.17, 15) is 0 Å². The zero-order valence-electron chi connectivity index (χ0n) is 10.5. The van der Waals surface area contributed by atoms with Crippen molar-refractivity contribution in [1.82, 2.24) is 9.97 Å². The lowest BCUT2D eigenvalue weighted by atomic mass is 10.2. The van der Waals surface area contributed by atoms with E-state index < -0.39 is 0 Å². The Bertz CT molecular complexity index is 587. The molecule has 0 atom stereocenters. The van der Waals surface area contributed by atoms with Crippen molar-refractivity contribution in [3.8, 4) is 11.4 Å². The number of hydrogen-bond acceptors (Lipinski definition) is 4. The van der Waals surface area contributed by atoms with Crippen LogP contribution >= 0.6 is 23.2 Å². The molecule has 0 spiro atoms. The fraction of sp³-hybridized carbons (Fsp3) is 0.231. The first-order valence-electron chi connectivity index (χ1n) is 5.94.